The molecule has 3 unspecified atom stereocenters. The fourth-order valence-corrected chi connectivity index (χ4v) is 0.827. The Morgan fingerprint density at radius 2 is 1.75 bits per heavy atom. The van der Waals surface area contributed by atoms with Gasteiger partial charge in [-0.2, -0.15) is 0 Å². The fraction of sp³-hybridized carbons (Fsp3) is 1.00. The summed E-state index contributed by atoms with van der Waals surface area (Å²) in [5.74, 6) is 0. The van der Waals surface area contributed by atoms with Crippen molar-refractivity contribution in [3.8, 4) is 0 Å². The molecule has 0 heterocycles. The van der Waals surface area contributed by atoms with Crippen LogP contribution in [0.5, 0.6) is 0 Å². The highest BCUT2D eigenvalue weighted by Crippen LogP contribution is 2.02. The number of hydrogen-bond acceptors (Lipinski definition) is 5. The molecular formula is C7H17NO4. The largest absolute Gasteiger partial charge is 0.394 e. The Morgan fingerprint density at radius 3 is 2.17 bits per heavy atom. The lowest BCUT2D eigenvalue weighted by Gasteiger charge is -2.21. The third kappa shape index (κ3) is 3.99. The van der Waals surface area contributed by atoms with Crippen LogP contribution >= 0.6 is 0 Å². The van der Waals surface area contributed by atoms with Crippen LogP contribution in [0, 0.1) is 0 Å². The molecule has 0 radical (unpaired) electrons. The molecular weight excluding hydrogens is 162 g/mol. The van der Waals surface area contributed by atoms with Crippen LogP contribution in [0.15, 0.2) is 0 Å². The molecule has 3 atom stereocenters. The summed E-state index contributed by atoms with van der Waals surface area (Å²) in [6, 6.07) is 0. The lowest BCUT2D eigenvalue weighted by molar-refractivity contribution is -0.0777. The summed E-state index contributed by atoms with van der Waals surface area (Å²) in [5, 5.41) is 38.5. The number of aliphatic hydroxyl groups excluding tert-OH is 4. The molecule has 0 aliphatic heterocycles. The van der Waals surface area contributed by atoms with Crippen LogP contribution < -0.4 is 5.32 Å². The van der Waals surface area contributed by atoms with Gasteiger partial charge in [-0.15, -0.1) is 0 Å². The molecule has 74 valence electrons. The van der Waals surface area contributed by atoms with Crippen molar-refractivity contribution < 1.29 is 20.4 Å². The van der Waals surface area contributed by atoms with E-state index >= 15 is 0 Å². The SMILES string of the molecule is CNCCC(O)C(O)C(O)CO. The van der Waals surface area contributed by atoms with Gasteiger partial charge < -0.3 is 25.7 Å². The summed E-state index contributed by atoms with van der Waals surface area (Å²) in [5.41, 5.74) is 0. The quantitative estimate of drug-likeness (QED) is 0.315. The lowest BCUT2D eigenvalue weighted by Crippen LogP contribution is -2.40. The number of hydrogen-bond donors (Lipinski definition) is 5. The molecule has 0 aliphatic carbocycles. The van der Waals surface area contributed by atoms with Gasteiger partial charge in [0, 0.05) is 0 Å². The average Bonchev–Trinajstić information content (AvgIpc) is 2.11. The van der Waals surface area contributed by atoms with Crippen molar-refractivity contribution in [3.63, 3.8) is 0 Å². The Labute approximate surface area is 71.7 Å². The Kier molecular flexibility index (Phi) is 6.23. The van der Waals surface area contributed by atoms with Crippen LogP contribution in [-0.2, 0) is 0 Å². The van der Waals surface area contributed by atoms with Gasteiger partial charge in [0.2, 0.25) is 0 Å². The number of rotatable bonds is 6. The molecule has 0 aromatic carbocycles. The molecule has 0 aromatic heterocycles. The Morgan fingerprint density at radius 1 is 1.17 bits per heavy atom. The highest BCUT2D eigenvalue weighted by Gasteiger charge is 2.23. The van der Waals surface area contributed by atoms with E-state index in [1.165, 1.54) is 0 Å². The van der Waals surface area contributed by atoms with Gasteiger partial charge >= 0.3 is 0 Å². The van der Waals surface area contributed by atoms with Crippen molar-refractivity contribution in [2.75, 3.05) is 20.2 Å². The van der Waals surface area contributed by atoms with Gasteiger partial charge in [-0.3, -0.25) is 0 Å². The third-order valence-electron chi connectivity index (χ3n) is 1.67. The summed E-state index contributed by atoms with van der Waals surface area (Å²) in [7, 11) is 1.72. The van der Waals surface area contributed by atoms with Gasteiger partial charge in [-0.25, -0.2) is 0 Å². The predicted molar refractivity (Wildman–Crippen MR) is 43.6 cm³/mol. The van der Waals surface area contributed by atoms with E-state index in [9.17, 15) is 5.11 Å². The van der Waals surface area contributed by atoms with Crippen LogP contribution in [-0.4, -0.2) is 58.9 Å². The van der Waals surface area contributed by atoms with Crippen molar-refractivity contribution in [2.45, 2.75) is 24.7 Å². The van der Waals surface area contributed by atoms with Gasteiger partial charge in [0.1, 0.15) is 12.2 Å². The molecule has 0 aromatic rings. The zero-order valence-electron chi connectivity index (χ0n) is 7.14. The van der Waals surface area contributed by atoms with Gasteiger partial charge in [0.05, 0.1) is 12.7 Å². The zero-order chi connectivity index (χ0) is 9.56. The highest BCUT2D eigenvalue weighted by atomic mass is 16.4. The van der Waals surface area contributed by atoms with E-state index < -0.39 is 24.9 Å². The Hall–Kier alpha value is -0.200. The number of aliphatic hydroxyl groups is 4. The van der Waals surface area contributed by atoms with Crippen LogP contribution in [0.1, 0.15) is 6.42 Å². The maximum atomic E-state index is 9.19. The van der Waals surface area contributed by atoms with Gasteiger partial charge in [-0.05, 0) is 20.0 Å². The normalized spacial score (nSPS) is 18.8. The van der Waals surface area contributed by atoms with Crippen molar-refractivity contribution in [2.24, 2.45) is 0 Å². The molecule has 0 fully saturated rings. The first-order valence-electron chi connectivity index (χ1n) is 3.93. The molecule has 0 spiro atoms. The fourth-order valence-electron chi connectivity index (χ4n) is 0.827. The van der Waals surface area contributed by atoms with Gasteiger partial charge in [0.15, 0.2) is 0 Å². The van der Waals surface area contributed by atoms with Gasteiger partial charge in [-0.1, -0.05) is 0 Å². The van der Waals surface area contributed by atoms with E-state index in [0.29, 0.717) is 13.0 Å². The molecule has 5 N–H and O–H groups in total. The predicted octanol–water partition coefficient (Wildman–Crippen LogP) is -2.33. The summed E-state index contributed by atoms with van der Waals surface area (Å²) >= 11 is 0. The summed E-state index contributed by atoms with van der Waals surface area (Å²) in [4.78, 5) is 0. The van der Waals surface area contributed by atoms with E-state index in [1.54, 1.807) is 7.05 Å². The molecule has 5 heteroatoms. The highest BCUT2D eigenvalue weighted by molar-refractivity contribution is 4.74. The van der Waals surface area contributed by atoms with E-state index in [2.05, 4.69) is 5.32 Å². The molecule has 0 saturated carbocycles. The first kappa shape index (κ1) is 11.8. The molecule has 0 bridgehead atoms. The van der Waals surface area contributed by atoms with E-state index in [4.69, 9.17) is 15.3 Å². The summed E-state index contributed by atoms with van der Waals surface area (Å²) < 4.78 is 0. The zero-order valence-corrected chi connectivity index (χ0v) is 7.14. The Bertz CT molecular complexity index is 112. The maximum absolute atomic E-state index is 9.19. The molecule has 0 amide bonds. The molecule has 0 aliphatic rings. The first-order chi connectivity index (χ1) is 5.63. The van der Waals surface area contributed by atoms with Crippen LogP contribution in [0.2, 0.25) is 0 Å². The number of nitrogens with one attached hydrogen (secondary N) is 1. The van der Waals surface area contributed by atoms with Gasteiger partial charge in [0.25, 0.3) is 0 Å². The minimum absolute atomic E-state index is 0.342. The van der Waals surface area contributed by atoms with Crippen molar-refractivity contribution in [1.82, 2.24) is 5.32 Å². The van der Waals surface area contributed by atoms with Crippen LogP contribution in [0.3, 0.4) is 0 Å². The smallest absolute Gasteiger partial charge is 0.108 e. The monoisotopic (exact) mass is 179 g/mol. The van der Waals surface area contributed by atoms with Crippen molar-refractivity contribution in [1.29, 1.82) is 0 Å². The van der Waals surface area contributed by atoms with Crippen LogP contribution in [0.25, 0.3) is 0 Å². The van der Waals surface area contributed by atoms with E-state index in [0.717, 1.165) is 0 Å². The van der Waals surface area contributed by atoms with Crippen molar-refractivity contribution >= 4 is 0 Å². The third-order valence-corrected chi connectivity index (χ3v) is 1.67. The molecule has 12 heavy (non-hydrogen) atoms. The minimum Gasteiger partial charge on any atom is -0.394 e. The lowest BCUT2D eigenvalue weighted by atomic mass is 10.1. The average molecular weight is 179 g/mol. The summed E-state index contributed by atoms with van der Waals surface area (Å²) in [6.45, 7) is 0.00809. The van der Waals surface area contributed by atoms with E-state index in [-0.39, 0.29) is 0 Å². The van der Waals surface area contributed by atoms with Crippen LogP contribution in [0.4, 0.5) is 0 Å². The topological polar surface area (TPSA) is 93.0 Å². The molecule has 0 saturated heterocycles. The van der Waals surface area contributed by atoms with E-state index in [1.807, 2.05) is 0 Å². The maximum Gasteiger partial charge on any atom is 0.108 e. The Balaban J connectivity index is 3.67. The second-order valence-corrected chi connectivity index (χ2v) is 2.70. The first-order valence-corrected chi connectivity index (χ1v) is 3.93. The summed E-state index contributed by atoms with van der Waals surface area (Å²) in [6.07, 6.45) is -3.20. The second-order valence-electron chi connectivity index (χ2n) is 2.70. The minimum atomic E-state index is -1.27. The molecule has 5 nitrogen and oxygen atoms in total. The standard InChI is InChI=1S/C7H17NO4/c1-8-3-2-5(10)7(12)6(11)4-9/h5-12H,2-4H2,1H3. The molecule has 0 rings (SSSR count). The second kappa shape index (κ2) is 6.33. The van der Waals surface area contributed by atoms with Crippen molar-refractivity contribution in [3.05, 3.63) is 0 Å².